The summed E-state index contributed by atoms with van der Waals surface area (Å²) < 4.78 is 1.81. The van der Waals surface area contributed by atoms with Gasteiger partial charge in [-0.05, 0) is 19.4 Å². The molecule has 1 fully saturated rings. The first-order chi connectivity index (χ1) is 7.61. The second-order valence-corrected chi connectivity index (χ2v) is 5.39. The summed E-state index contributed by atoms with van der Waals surface area (Å²) in [7, 11) is 1.92. The molecule has 1 atom stereocenters. The van der Waals surface area contributed by atoms with Gasteiger partial charge in [0, 0.05) is 24.5 Å². The summed E-state index contributed by atoms with van der Waals surface area (Å²) in [5, 5.41) is 8.82. The Morgan fingerprint density at radius 1 is 1.69 bits per heavy atom. The highest BCUT2D eigenvalue weighted by atomic mass is 32.2. The van der Waals surface area contributed by atoms with Crippen LogP contribution in [0.5, 0.6) is 0 Å². The summed E-state index contributed by atoms with van der Waals surface area (Å²) >= 11 is 1.80. The van der Waals surface area contributed by atoms with E-state index in [4.69, 9.17) is 0 Å². The number of aromatic nitrogens is 2. The van der Waals surface area contributed by atoms with E-state index < -0.39 is 0 Å². The first-order valence-electron chi connectivity index (χ1n) is 5.55. The van der Waals surface area contributed by atoms with Gasteiger partial charge in [-0.15, -0.1) is 0 Å². The molecule has 1 aliphatic rings. The van der Waals surface area contributed by atoms with E-state index in [2.05, 4.69) is 29.3 Å². The molecule has 0 radical (unpaired) electrons. The largest absolute Gasteiger partial charge is 0.359 e. The number of rotatable bonds is 3. The third-order valence-corrected chi connectivity index (χ3v) is 4.16. The van der Waals surface area contributed by atoms with E-state index in [0.717, 1.165) is 23.0 Å². The monoisotopic (exact) mass is 238 g/mol. The maximum atomic E-state index is 4.54. The quantitative estimate of drug-likeness (QED) is 0.873. The van der Waals surface area contributed by atoms with Gasteiger partial charge in [0.15, 0.2) is 5.17 Å². The predicted molar refractivity (Wildman–Crippen MR) is 68.6 cm³/mol. The predicted octanol–water partition coefficient (Wildman–Crippen LogP) is 1.78. The van der Waals surface area contributed by atoms with Crippen LogP contribution in [0.25, 0.3) is 0 Å². The van der Waals surface area contributed by atoms with E-state index in [9.17, 15) is 0 Å². The van der Waals surface area contributed by atoms with Crippen LogP contribution >= 0.6 is 11.8 Å². The number of nitrogens with zero attached hydrogens (tertiary/aromatic N) is 3. The van der Waals surface area contributed by atoms with Crippen LogP contribution in [0.2, 0.25) is 0 Å². The number of thioether (sulfide) groups is 1. The van der Waals surface area contributed by atoms with Crippen molar-refractivity contribution in [1.82, 2.24) is 15.1 Å². The van der Waals surface area contributed by atoms with Crippen molar-refractivity contribution < 1.29 is 0 Å². The fourth-order valence-electron chi connectivity index (χ4n) is 1.53. The highest BCUT2D eigenvalue weighted by molar-refractivity contribution is 8.14. The molecule has 1 aliphatic heterocycles. The van der Waals surface area contributed by atoms with Gasteiger partial charge in [-0.2, -0.15) is 5.10 Å². The zero-order valence-corrected chi connectivity index (χ0v) is 10.8. The first kappa shape index (κ1) is 11.5. The molecule has 0 aliphatic carbocycles. The Bertz CT molecular complexity index is 398. The zero-order chi connectivity index (χ0) is 11.6. The molecule has 4 nitrogen and oxygen atoms in total. The summed E-state index contributed by atoms with van der Waals surface area (Å²) in [5.41, 5.74) is 1.23. The molecule has 5 heteroatoms. The Morgan fingerprint density at radius 3 is 3.06 bits per heavy atom. The van der Waals surface area contributed by atoms with Crippen LogP contribution in [0.3, 0.4) is 0 Å². The lowest BCUT2D eigenvalue weighted by atomic mass is 10.0. The molecule has 0 saturated carbocycles. The van der Waals surface area contributed by atoms with Crippen molar-refractivity contribution >= 4 is 16.9 Å². The summed E-state index contributed by atoms with van der Waals surface area (Å²) in [5.74, 6) is 1.10. The highest BCUT2D eigenvalue weighted by Crippen LogP contribution is 2.25. The minimum atomic E-state index is 0.216. The lowest BCUT2D eigenvalue weighted by Gasteiger charge is -2.20. The van der Waals surface area contributed by atoms with E-state index in [-0.39, 0.29) is 5.54 Å². The summed E-state index contributed by atoms with van der Waals surface area (Å²) in [6.07, 6.45) is 3.07. The van der Waals surface area contributed by atoms with Crippen molar-refractivity contribution in [3.05, 3.63) is 18.0 Å². The second kappa shape index (κ2) is 4.49. The molecule has 1 aromatic heterocycles. The van der Waals surface area contributed by atoms with Gasteiger partial charge in [-0.25, -0.2) is 0 Å². The Hall–Kier alpha value is -0.970. The average molecular weight is 238 g/mol. The van der Waals surface area contributed by atoms with Crippen LogP contribution < -0.4 is 5.32 Å². The van der Waals surface area contributed by atoms with E-state index in [1.165, 1.54) is 0 Å². The number of aliphatic imine (C=N–C) groups is 1. The van der Waals surface area contributed by atoms with Gasteiger partial charge in [-0.1, -0.05) is 18.7 Å². The molecular formula is C11H18N4S. The van der Waals surface area contributed by atoms with Crippen molar-refractivity contribution in [2.24, 2.45) is 12.0 Å². The van der Waals surface area contributed by atoms with Gasteiger partial charge < -0.3 is 5.32 Å². The van der Waals surface area contributed by atoms with Crippen LogP contribution in [0.4, 0.5) is 0 Å². The molecule has 1 unspecified atom stereocenters. The van der Waals surface area contributed by atoms with Gasteiger partial charge in [0.1, 0.15) is 0 Å². The van der Waals surface area contributed by atoms with Crippen molar-refractivity contribution in [3.63, 3.8) is 0 Å². The lowest BCUT2D eigenvalue weighted by molar-refractivity contribution is 0.466. The fraction of sp³-hybridized carbons (Fsp3) is 0.636. The van der Waals surface area contributed by atoms with Gasteiger partial charge >= 0.3 is 0 Å². The smallest absolute Gasteiger partial charge is 0.157 e. The van der Waals surface area contributed by atoms with Crippen LogP contribution in [0.15, 0.2) is 17.3 Å². The molecule has 88 valence electrons. The highest BCUT2D eigenvalue weighted by Gasteiger charge is 2.30. The number of hydrogen-bond donors (Lipinski definition) is 1. The molecule has 1 N–H and O–H groups in total. The topological polar surface area (TPSA) is 42.2 Å². The molecule has 0 aromatic carbocycles. The first-order valence-corrected chi connectivity index (χ1v) is 6.54. The van der Waals surface area contributed by atoms with E-state index in [1.54, 1.807) is 16.4 Å². The third-order valence-electron chi connectivity index (χ3n) is 2.87. The molecule has 2 rings (SSSR count). The van der Waals surface area contributed by atoms with Crippen LogP contribution in [0.1, 0.15) is 26.0 Å². The molecule has 0 spiro atoms. The van der Waals surface area contributed by atoms with Gasteiger partial charge in [0.2, 0.25) is 0 Å². The van der Waals surface area contributed by atoms with Crippen molar-refractivity contribution in [2.75, 3.05) is 5.75 Å². The molecule has 2 heterocycles. The minimum absolute atomic E-state index is 0.216. The molecule has 16 heavy (non-hydrogen) atoms. The van der Waals surface area contributed by atoms with Crippen LogP contribution in [0, 0.1) is 0 Å². The van der Waals surface area contributed by atoms with Crippen LogP contribution in [-0.2, 0) is 13.6 Å². The average Bonchev–Trinajstić information content (AvgIpc) is 2.83. The van der Waals surface area contributed by atoms with E-state index in [1.807, 2.05) is 19.3 Å². The normalized spacial score (nSPS) is 27.3. The minimum Gasteiger partial charge on any atom is -0.359 e. The number of aryl methyl sites for hydroxylation is 1. The van der Waals surface area contributed by atoms with Crippen molar-refractivity contribution in [1.29, 1.82) is 0 Å². The summed E-state index contributed by atoms with van der Waals surface area (Å²) in [6.45, 7) is 5.11. The third kappa shape index (κ3) is 2.58. The number of hydrogen-bond acceptors (Lipinski definition) is 3. The Balaban J connectivity index is 1.95. The standard InChI is InChI=1S/C11H18N4S/c1-4-11(2)8-16-10(13-11)12-7-9-5-6-15(3)14-9/h5-6H,4,7-8H2,1-3H3,(H,12,13). The Morgan fingerprint density at radius 2 is 2.50 bits per heavy atom. The van der Waals surface area contributed by atoms with E-state index in [0.29, 0.717) is 6.54 Å². The zero-order valence-electron chi connectivity index (χ0n) is 10.0. The molecule has 0 amide bonds. The number of amidine groups is 1. The van der Waals surface area contributed by atoms with Gasteiger partial charge in [0.05, 0.1) is 12.2 Å². The second-order valence-electron chi connectivity index (χ2n) is 4.43. The van der Waals surface area contributed by atoms with Crippen LogP contribution in [-0.4, -0.2) is 26.2 Å². The van der Waals surface area contributed by atoms with E-state index >= 15 is 0 Å². The molecule has 1 aromatic rings. The van der Waals surface area contributed by atoms with Crippen molar-refractivity contribution in [3.8, 4) is 0 Å². The van der Waals surface area contributed by atoms with Gasteiger partial charge in [0.25, 0.3) is 0 Å². The fourth-order valence-corrected chi connectivity index (χ4v) is 2.74. The maximum absolute atomic E-state index is 4.54. The summed E-state index contributed by atoms with van der Waals surface area (Å²) in [6, 6.07) is 2.00. The Labute approximate surface area is 101 Å². The summed E-state index contributed by atoms with van der Waals surface area (Å²) in [4.78, 5) is 4.54. The molecule has 0 bridgehead atoms. The van der Waals surface area contributed by atoms with Crippen molar-refractivity contribution in [2.45, 2.75) is 32.4 Å². The molecule has 1 saturated heterocycles. The van der Waals surface area contributed by atoms with Gasteiger partial charge in [-0.3, -0.25) is 9.67 Å². The Kier molecular flexibility index (Phi) is 3.23. The molecular weight excluding hydrogens is 220 g/mol. The number of nitrogens with one attached hydrogen (secondary N) is 1. The lowest BCUT2D eigenvalue weighted by Crippen LogP contribution is -2.39. The SMILES string of the molecule is CCC1(C)CSC(=NCc2ccn(C)n2)N1. The maximum Gasteiger partial charge on any atom is 0.157 e.